The third-order valence-electron chi connectivity index (χ3n) is 3.63. The second-order valence-electron chi connectivity index (χ2n) is 5.08. The number of imidazole rings is 1. The predicted octanol–water partition coefficient (Wildman–Crippen LogP) is 3.62. The van der Waals surface area contributed by atoms with Gasteiger partial charge in [-0.3, -0.25) is 4.40 Å². The number of nitrogen functional groups attached to an aromatic ring is 1. The van der Waals surface area contributed by atoms with Crippen LogP contribution in [0, 0.1) is 0 Å². The summed E-state index contributed by atoms with van der Waals surface area (Å²) in [6, 6.07) is 8.01. The number of anilines is 1. The minimum Gasteiger partial charge on any atom is -0.436 e. The highest BCUT2D eigenvalue weighted by molar-refractivity contribution is 5.54. The van der Waals surface area contributed by atoms with E-state index in [1.54, 1.807) is 12.4 Å². The lowest BCUT2D eigenvalue weighted by molar-refractivity contribution is 0.455. The first-order valence-corrected chi connectivity index (χ1v) is 7.05. The van der Waals surface area contributed by atoms with Crippen molar-refractivity contribution in [1.82, 2.24) is 14.4 Å². The normalized spacial score (nSPS) is 12.5. The zero-order valence-corrected chi connectivity index (χ0v) is 12.2. The molecule has 0 radical (unpaired) electrons. The van der Waals surface area contributed by atoms with Crippen molar-refractivity contribution in [3.05, 3.63) is 48.4 Å². The van der Waals surface area contributed by atoms with Crippen LogP contribution < -0.4 is 10.5 Å². The summed E-state index contributed by atoms with van der Waals surface area (Å²) in [5.41, 5.74) is 7.64. The van der Waals surface area contributed by atoms with Crippen LogP contribution in [0.1, 0.15) is 31.7 Å². The SMILES string of the molecule is CCC(C)c1ccccc1Oc1nc(N)cn2ccnc12. The molecule has 21 heavy (non-hydrogen) atoms. The van der Waals surface area contributed by atoms with Gasteiger partial charge in [0.15, 0.2) is 0 Å². The highest BCUT2D eigenvalue weighted by Crippen LogP contribution is 2.32. The Balaban J connectivity index is 2.05. The molecule has 1 atom stereocenters. The Morgan fingerprint density at radius 1 is 1.33 bits per heavy atom. The number of hydrogen-bond donors (Lipinski definition) is 1. The molecule has 2 heterocycles. The number of nitrogens with two attached hydrogens (primary N) is 1. The standard InChI is InChI=1S/C16H18N4O/c1-3-11(2)12-6-4-5-7-13(12)21-16-15-18-8-9-20(15)10-14(17)19-16/h4-11H,3,17H2,1-2H3. The van der Waals surface area contributed by atoms with E-state index in [2.05, 4.69) is 29.9 Å². The van der Waals surface area contributed by atoms with Crippen LogP contribution in [0.25, 0.3) is 5.65 Å². The van der Waals surface area contributed by atoms with Crippen LogP contribution in [0.2, 0.25) is 0 Å². The van der Waals surface area contributed by atoms with Gasteiger partial charge in [-0.2, -0.15) is 4.98 Å². The molecule has 2 N–H and O–H groups in total. The maximum absolute atomic E-state index is 6.01. The van der Waals surface area contributed by atoms with E-state index < -0.39 is 0 Å². The van der Waals surface area contributed by atoms with Gasteiger partial charge in [-0.15, -0.1) is 0 Å². The maximum atomic E-state index is 6.01. The van der Waals surface area contributed by atoms with E-state index in [4.69, 9.17) is 10.5 Å². The van der Waals surface area contributed by atoms with Crippen LogP contribution in [0.3, 0.4) is 0 Å². The van der Waals surface area contributed by atoms with Gasteiger partial charge in [0.05, 0.1) is 6.20 Å². The van der Waals surface area contributed by atoms with Crippen molar-refractivity contribution in [3.63, 3.8) is 0 Å². The molecule has 5 nitrogen and oxygen atoms in total. The average Bonchev–Trinajstić information content (AvgIpc) is 2.95. The molecule has 0 aliphatic carbocycles. The lowest BCUT2D eigenvalue weighted by Crippen LogP contribution is -2.01. The summed E-state index contributed by atoms with van der Waals surface area (Å²) in [5.74, 6) is 2.04. The zero-order chi connectivity index (χ0) is 14.8. The van der Waals surface area contributed by atoms with Crippen molar-refractivity contribution in [3.8, 4) is 11.6 Å². The van der Waals surface area contributed by atoms with Crippen LogP contribution >= 0.6 is 0 Å². The molecule has 0 aliphatic rings. The van der Waals surface area contributed by atoms with Crippen LogP contribution in [-0.2, 0) is 0 Å². The molecule has 108 valence electrons. The van der Waals surface area contributed by atoms with Crippen molar-refractivity contribution in [2.75, 3.05) is 5.73 Å². The zero-order valence-electron chi connectivity index (χ0n) is 12.2. The van der Waals surface area contributed by atoms with E-state index >= 15 is 0 Å². The molecule has 0 bridgehead atoms. The molecule has 0 fully saturated rings. The van der Waals surface area contributed by atoms with Crippen LogP contribution in [0.15, 0.2) is 42.9 Å². The quantitative estimate of drug-likeness (QED) is 0.793. The minimum absolute atomic E-state index is 0.400. The first-order valence-electron chi connectivity index (χ1n) is 7.05. The number of para-hydroxylation sites is 1. The molecule has 0 saturated carbocycles. The van der Waals surface area contributed by atoms with Gasteiger partial charge >= 0.3 is 0 Å². The van der Waals surface area contributed by atoms with E-state index in [0.717, 1.165) is 17.7 Å². The van der Waals surface area contributed by atoms with E-state index in [1.165, 1.54) is 0 Å². The lowest BCUT2D eigenvalue weighted by Gasteiger charge is -2.15. The monoisotopic (exact) mass is 282 g/mol. The first kappa shape index (κ1) is 13.4. The van der Waals surface area contributed by atoms with Gasteiger partial charge in [-0.05, 0) is 24.0 Å². The number of aromatic nitrogens is 3. The van der Waals surface area contributed by atoms with E-state index in [9.17, 15) is 0 Å². The fourth-order valence-electron chi connectivity index (χ4n) is 2.29. The number of rotatable bonds is 4. The van der Waals surface area contributed by atoms with Gasteiger partial charge in [0.2, 0.25) is 5.65 Å². The van der Waals surface area contributed by atoms with Gasteiger partial charge in [0.1, 0.15) is 11.6 Å². The molecular weight excluding hydrogens is 264 g/mol. The van der Waals surface area contributed by atoms with Gasteiger partial charge < -0.3 is 10.5 Å². The molecule has 2 aromatic heterocycles. The average molecular weight is 282 g/mol. The van der Waals surface area contributed by atoms with Gasteiger partial charge in [0, 0.05) is 12.4 Å². The van der Waals surface area contributed by atoms with Crippen molar-refractivity contribution < 1.29 is 4.74 Å². The van der Waals surface area contributed by atoms with Crippen molar-refractivity contribution in [2.24, 2.45) is 0 Å². The summed E-state index contributed by atoms with van der Waals surface area (Å²) in [4.78, 5) is 8.54. The van der Waals surface area contributed by atoms with Crippen molar-refractivity contribution in [1.29, 1.82) is 0 Å². The van der Waals surface area contributed by atoms with Crippen LogP contribution in [-0.4, -0.2) is 14.4 Å². The summed E-state index contributed by atoms with van der Waals surface area (Å²) in [6.07, 6.45) is 6.28. The summed E-state index contributed by atoms with van der Waals surface area (Å²) in [6.45, 7) is 4.34. The summed E-state index contributed by atoms with van der Waals surface area (Å²) >= 11 is 0. The molecule has 3 rings (SSSR count). The molecule has 5 heteroatoms. The molecule has 3 aromatic rings. The van der Waals surface area contributed by atoms with Crippen molar-refractivity contribution in [2.45, 2.75) is 26.2 Å². The number of benzene rings is 1. The molecule has 0 aliphatic heterocycles. The largest absolute Gasteiger partial charge is 0.436 e. The van der Waals surface area contributed by atoms with Gasteiger partial charge in [-0.1, -0.05) is 32.0 Å². The van der Waals surface area contributed by atoms with Crippen molar-refractivity contribution >= 4 is 11.5 Å². The molecule has 1 unspecified atom stereocenters. The van der Waals surface area contributed by atoms with E-state index in [1.807, 2.05) is 28.8 Å². The number of fused-ring (bicyclic) bond motifs is 1. The Kier molecular flexibility index (Phi) is 3.48. The molecule has 0 amide bonds. The fourth-order valence-corrected chi connectivity index (χ4v) is 2.29. The van der Waals surface area contributed by atoms with E-state index in [-0.39, 0.29) is 0 Å². The van der Waals surface area contributed by atoms with Crippen LogP contribution in [0.5, 0.6) is 11.6 Å². The van der Waals surface area contributed by atoms with Crippen LogP contribution in [0.4, 0.5) is 5.82 Å². The smallest absolute Gasteiger partial charge is 0.265 e. The highest BCUT2D eigenvalue weighted by Gasteiger charge is 2.14. The maximum Gasteiger partial charge on any atom is 0.265 e. The number of nitrogens with zero attached hydrogens (tertiary/aromatic N) is 3. The summed E-state index contributed by atoms with van der Waals surface area (Å²) in [5, 5.41) is 0. The Morgan fingerprint density at radius 2 is 2.14 bits per heavy atom. The molecule has 0 spiro atoms. The third-order valence-corrected chi connectivity index (χ3v) is 3.63. The number of ether oxygens (including phenoxy) is 1. The highest BCUT2D eigenvalue weighted by atomic mass is 16.5. The summed E-state index contributed by atoms with van der Waals surface area (Å²) < 4.78 is 7.82. The Labute approximate surface area is 123 Å². The van der Waals surface area contributed by atoms with Gasteiger partial charge in [0.25, 0.3) is 5.88 Å². The summed E-state index contributed by atoms with van der Waals surface area (Å²) in [7, 11) is 0. The third kappa shape index (κ3) is 2.54. The van der Waals surface area contributed by atoms with Gasteiger partial charge in [-0.25, -0.2) is 4.98 Å². The molecule has 0 saturated heterocycles. The second-order valence-corrected chi connectivity index (χ2v) is 5.08. The molecule has 1 aromatic carbocycles. The predicted molar refractivity (Wildman–Crippen MR) is 82.6 cm³/mol. The Hall–Kier alpha value is -2.56. The second kappa shape index (κ2) is 5.44. The molecular formula is C16H18N4O. The fraction of sp³-hybridized carbons (Fsp3) is 0.250. The minimum atomic E-state index is 0.400. The van der Waals surface area contributed by atoms with E-state index in [0.29, 0.717) is 23.3 Å². The topological polar surface area (TPSA) is 65.4 Å². The number of hydrogen-bond acceptors (Lipinski definition) is 4. The lowest BCUT2D eigenvalue weighted by atomic mass is 9.98. The first-order chi connectivity index (χ1) is 10.2. The Bertz CT molecular complexity index is 766. The Morgan fingerprint density at radius 3 is 2.95 bits per heavy atom.